The molecule has 0 fully saturated rings. The van der Waals surface area contributed by atoms with Gasteiger partial charge in [0.1, 0.15) is 0 Å². The summed E-state index contributed by atoms with van der Waals surface area (Å²) in [7, 11) is 0. The Morgan fingerprint density at radius 3 is 0.676 bits per heavy atom. The standard InChI is InChI=1S/C109H72N2/c1-107(2)101-59-69(35-37-71-41-55-93-95-57-51-85(67-105(95)108(103(93)61-71)97-31-15-11-27-87(97)88-28-12-16-32-98(88)108)110(81-47-43-73-19-3-7-23-77(73)63-81)82-48-44-74-20-4-8-24-78(74)64-82)39-53-91(101)92-54-40-70(60-102(92)107)36-38-72-42-56-94-96-58-52-86(68-106(96)109(104(94)62-72)99-33-17-13-29-89(99)90-30-14-18-34-100(90)109)111(83-49-45-75-21-5-9-25-79(75)65-83)84-50-46-76-22-6-10-26-80(76)66-84/h3-68H,1-2H3/b37-35+,38-36+. The van der Waals surface area contributed by atoms with E-state index in [1.54, 1.807) is 0 Å². The van der Waals surface area contributed by atoms with E-state index in [1.165, 1.54) is 177 Å². The molecule has 0 amide bonds. The summed E-state index contributed by atoms with van der Waals surface area (Å²) < 4.78 is 0. The van der Waals surface area contributed by atoms with Gasteiger partial charge in [-0.15, -0.1) is 0 Å². The highest BCUT2D eigenvalue weighted by molar-refractivity contribution is 6.02. The first-order valence-corrected chi connectivity index (χ1v) is 38.9. The van der Waals surface area contributed by atoms with E-state index >= 15 is 0 Å². The summed E-state index contributed by atoms with van der Waals surface area (Å²) >= 11 is 0. The van der Waals surface area contributed by atoms with Gasteiger partial charge in [-0.2, -0.15) is 0 Å². The number of anilines is 6. The van der Waals surface area contributed by atoms with Gasteiger partial charge in [0.15, 0.2) is 0 Å². The van der Waals surface area contributed by atoms with Crippen LogP contribution in [0, 0.1) is 0 Å². The summed E-state index contributed by atoms with van der Waals surface area (Å²) in [6, 6.07) is 142. The van der Waals surface area contributed by atoms with Crippen LogP contribution in [0.3, 0.4) is 0 Å². The summed E-state index contributed by atoms with van der Waals surface area (Å²) in [5.41, 5.74) is 36.2. The molecule has 2 nitrogen and oxygen atoms in total. The van der Waals surface area contributed by atoms with Crippen molar-refractivity contribution >= 4 is 102 Å². The minimum absolute atomic E-state index is 0.240. The molecule has 23 rings (SSSR count). The Morgan fingerprint density at radius 2 is 0.378 bits per heavy atom. The van der Waals surface area contributed by atoms with Gasteiger partial charge in [-0.3, -0.25) is 0 Å². The molecule has 18 aromatic rings. The Labute approximate surface area is 646 Å². The molecule has 111 heavy (non-hydrogen) atoms. The molecule has 0 radical (unpaired) electrons. The van der Waals surface area contributed by atoms with E-state index in [0.717, 1.165) is 34.1 Å². The zero-order valence-corrected chi connectivity index (χ0v) is 61.5. The van der Waals surface area contributed by atoms with Crippen LogP contribution in [0.25, 0.3) is 123 Å². The maximum absolute atomic E-state index is 2.51. The molecule has 5 aliphatic carbocycles. The maximum Gasteiger partial charge on any atom is 0.0726 e. The molecule has 0 unspecified atom stereocenters. The second-order valence-electron chi connectivity index (χ2n) is 31.5. The molecule has 518 valence electrons. The SMILES string of the molecule is CC1(C)c2cc(/C=C/c3ccc4c(c3)C3(c5ccccc5-c5ccccc53)c3cc(N(c5ccc6ccccc6c5)c5ccc6ccccc6c5)ccc3-4)ccc2-c2ccc(/C=C/c3ccc4c(c3)C3(c5ccccc5-c5ccccc53)c3cc(N(c5ccc6ccccc6c5)c5ccc6ccccc6c5)ccc3-4)cc21. The van der Waals surface area contributed by atoms with Gasteiger partial charge >= 0.3 is 0 Å². The third-order valence-corrected chi connectivity index (χ3v) is 25.3. The number of hydrogen-bond donors (Lipinski definition) is 0. The van der Waals surface area contributed by atoms with E-state index in [9.17, 15) is 0 Å². The smallest absolute Gasteiger partial charge is 0.0726 e. The Morgan fingerprint density at radius 1 is 0.171 bits per heavy atom. The Bertz CT molecular complexity index is 6430. The lowest BCUT2D eigenvalue weighted by Gasteiger charge is -2.32. The van der Waals surface area contributed by atoms with Crippen molar-refractivity contribution < 1.29 is 0 Å². The largest absolute Gasteiger partial charge is 0.310 e. The Balaban J connectivity index is 0.579. The number of hydrogen-bond acceptors (Lipinski definition) is 2. The van der Waals surface area contributed by atoms with E-state index in [4.69, 9.17) is 0 Å². The van der Waals surface area contributed by atoms with Gasteiger partial charge in [-0.05, 0) is 262 Å². The third kappa shape index (κ3) is 9.32. The molecule has 2 spiro atoms. The molecule has 0 heterocycles. The molecule has 0 atom stereocenters. The lowest BCUT2D eigenvalue weighted by molar-refractivity contribution is 0.660. The van der Waals surface area contributed by atoms with Crippen LogP contribution in [-0.2, 0) is 16.2 Å². The summed E-state index contributed by atoms with van der Waals surface area (Å²) in [5, 5.41) is 9.74. The summed E-state index contributed by atoms with van der Waals surface area (Å²) in [6.45, 7) is 4.82. The van der Waals surface area contributed by atoms with Gasteiger partial charge in [-0.1, -0.05) is 329 Å². The molecule has 0 bridgehead atoms. The molecule has 0 saturated heterocycles. The number of benzene rings is 18. The number of rotatable bonds is 10. The van der Waals surface area contributed by atoms with Crippen LogP contribution in [0.15, 0.2) is 376 Å². The van der Waals surface area contributed by atoms with Gasteiger partial charge in [0.25, 0.3) is 0 Å². The summed E-state index contributed by atoms with van der Waals surface area (Å²) in [4.78, 5) is 4.92. The van der Waals surface area contributed by atoms with E-state index in [-0.39, 0.29) is 5.41 Å². The lowest BCUT2D eigenvalue weighted by atomic mass is 9.70. The quantitative estimate of drug-likeness (QED) is 0.126. The number of fused-ring (bicyclic) bond motifs is 27. The van der Waals surface area contributed by atoms with Gasteiger partial charge in [-0.25, -0.2) is 0 Å². The van der Waals surface area contributed by atoms with Crippen molar-refractivity contribution in [3.63, 3.8) is 0 Å². The highest BCUT2D eigenvalue weighted by Gasteiger charge is 2.54. The molecule has 0 aromatic heterocycles. The first-order chi connectivity index (χ1) is 54.7. The van der Waals surface area contributed by atoms with Crippen molar-refractivity contribution in [3.05, 3.63) is 454 Å². The highest BCUT2D eigenvalue weighted by Crippen LogP contribution is 2.66. The second-order valence-corrected chi connectivity index (χ2v) is 31.5. The lowest BCUT2D eigenvalue weighted by Crippen LogP contribution is -2.26. The van der Waals surface area contributed by atoms with Gasteiger partial charge < -0.3 is 9.80 Å². The van der Waals surface area contributed by atoms with E-state index < -0.39 is 10.8 Å². The first kappa shape index (κ1) is 63.2. The molecular weight excluding hydrogens is 1340 g/mol. The molecule has 2 heteroatoms. The average Bonchev–Trinajstić information content (AvgIpc) is 1.51. The third-order valence-electron chi connectivity index (χ3n) is 25.3. The minimum atomic E-state index is -0.561. The predicted molar refractivity (Wildman–Crippen MR) is 467 cm³/mol. The van der Waals surface area contributed by atoms with Gasteiger partial charge in [0, 0.05) is 39.5 Å². The van der Waals surface area contributed by atoms with E-state index in [2.05, 4.69) is 424 Å². The topological polar surface area (TPSA) is 6.48 Å². The van der Waals surface area contributed by atoms with Crippen LogP contribution >= 0.6 is 0 Å². The molecule has 0 aliphatic heterocycles. The van der Waals surface area contributed by atoms with E-state index in [1.807, 2.05) is 0 Å². The average molecular weight is 1410 g/mol. The molecule has 18 aromatic carbocycles. The Kier molecular flexibility index (Phi) is 13.7. The van der Waals surface area contributed by atoms with Crippen LogP contribution in [0.2, 0.25) is 0 Å². The van der Waals surface area contributed by atoms with Crippen LogP contribution in [0.1, 0.15) is 91.7 Å². The fraction of sp³-hybridized carbons (Fsp3) is 0.0459. The second kappa shape index (κ2) is 24.0. The van der Waals surface area contributed by atoms with Crippen LogP contribution in [-0.4, -0.2) is 0 Å². The van der Waals surface area contributed by atoms with Crippen molar-refractivity contribution in [1.29, 1.82) is 0 Å². The first-order valence-electron chi connectivity index (χ1n) is 38.9. The Hall–Kier alpha value is -13.9. The number of nitrogens with zero attached hydrogens (tertiary/aromatic N) is 2. The maximum atomic E-state index is 2.51. The minimum Gasteiger partial charge on any atom is -0.310 e. The van der Waals surface area contributed by atoms with Gasteiger partial charge in [0.2, 0.25) is 0 Å². The molecule has 5 aliphatic rings. The van der Waals surface area contributed by atoms with Crippen molar-refractivity contribution in [1.82, 2.24) is 0 Å². The van der Waals surface area contributed by atoms with Crippen LogP contribution in [0.5, 0.6) is 0 Å². The van der Waals surface area contributed by atoms with Crippen LogP contribution in [0.4, 0.5) is 34.1 Å². The van der Waals surface area contributed by atoms with Crippen molar-refractivity contribution in [2.24, 2.45) is 0 Å². The van der Waals surface area contributed by atoms with Crippen LogP contribution < -0.4 is 9.80 Å². The monoisotopic (exact) mass is 1410 g/mol. The van der Waals surface area contributed by atoms with Crippen molar-refractivity contribution in [2.75, 3.05) is 9.80 Å². The van der Waals surface area contributed by atoms with Crippen molar-refractivity contribution in [2.45, 2.75) is 30.1 Å². The fourth-order valence-electron chi connectivity index (χ4n) is 20.3. The van der Waals surface area contributed by atoms with Crippen molar-refractivity contribution in [3.8, 4) is 55.6 Å². The molecular formula is C109H72N2. The normalized spacial score (nSPS) is 14.2. The van der Waals surface area contributed by atoms with E-state index in [0.29, 0.717) is 0 Å². The summed E-state index contributed by atoms with van der Waals surface area (Å²) in [6.07, 6.45) is 9.34. The molecule has 0 N–H and O–H groups in total. The zero-order chi connectivity index (χ0) is 73.3. The zero-order valence-electron chi connectivity index (χ0n) is 61.5. The fourth-order valence-corrected chi connectivity index (χ4v) is 20.3. The van der Waals surface area contributed by atoms with Gasteiger partial charge in [0.05, 0.1) is 10.8 Å². The highest BCUT2D eigenvalue weighted by atomic mass is 15.1. The molecule has 0 saturated carbocycles. The summed E-state index contributed by atoms with van der Waals surface area (Å²) in [5.74, 6) is 0. The predicted octanol–water partition coefficient (Wildman–Crippen LogP) is 28.6.